The summed E-state index contributed by atoms with van der Waals surface area (Å²) in [5.41, 5.74) is 3.21. The zero-order valence-corrected chi connectivity index (χ0v) is 18.5. The van der Waals surface area contributed by atoms with Crippen LogP contribution in [0.4, 0.5) is 0 Å². The number of rotatable bonds is 9. The molecule has 4 nitrogen and oxygen atoms in total. The third-order valence-electron chi connectivity index (χ3n) is 5.16. The molecule has 5 heteroatoms. The Morgan fingerprint density at radius 1 is 1.07 bits per heavy atom. The molecule has 0 bridgehead atoms. The standard InChI is InChI=1S/C24H31ClN2O2/c1-5-18(3)26-24(29)19(4)27(16-21-7-6-8-22(25)15-21)23(28)14-13-20-11-9-17(2)10-12-20/h6-12,15,18-19H,5,13-14,16H2,1-4H3,(H,26,29)/t18-,19-/m1/s1. The van der Waals surface area contributed by atoms with Crippen molar-refractivity contribution in [3.63, 3.8) is 0 Å². The SMILES string of the molecule is CC[C@@H](C)NC(=O)[C@@H](C)N(Cc1cccc(Cl)c1)C(=O)CCc1ccc(C)cc1. The molecule has 0 spiro atoms. The Balaban J connectivity index is 2.14. The van der Waals surface area contributed by atoms with Gasteiger partial charge in [0.15, 0.2) is 0 Å². The summed E-state index contributed by atoms with van der Waals surface area (Å²) < 4.78 is 0. The van der Waals surface area contributed by atoms with Crippen LogP contribution in [0.1, 0.15) is 50.3 Å². The van der Waals surface area contributed by atoms with Gasteiger partial charge in [-0.3, -0.25) is 9.59 Å². The van der Waals surface area contributed by atoms with Crippen LogP contribution in [0.25, 0.3) is 0 Å². The molecule has 2 aromatic carbocycles. The molecule has 0 aromatic heterocycles. The van der Waals surface area contributed by atoms with Gasteiger partial charge in [-0.25, -0.2) is 0 Å². The van der Waals surface area contributed by atoms with Gasteiger partial charge in [-0.2, -0.15) is 0 Å². The molecule has 0 radical (unpaired) electrons. The predicted octanol–water partition coefficient (Wildman–Crippen LogP) is 4.91. The summed E-state index contributed by atoms with van der Waals surface area (Å²) in [6.45, 7) is 8.16. The van der Waals surface area contributed by atoms with Gasteiger partial charge in [0, 0.05) is 24.0 Å². The topological polar surface area (TPSA) is 49.4 Å². The Bertz CT molecular complexity index is 820. The van der Waals surface area contributed by atoms with E-state index in [0.29, 0.717) is 24.4 Å². The van der Waals surface area contributed by atoms with E-state index in [-0.39, 0.29) is 17.9 Å². The van der Waals surface area contributed by atoms with E-state index in [1.807, 2.05) is 63.2 Å². The van der Waals surface area contributed by atoms with Crippen molar-refractivity contribution in [2.24, 2.45) is 0 Å². The van der Waals surface area contributed by atoms with Crippen molar-refractivity contribution in [2.45, 2.75) is 65.6 Å². The van der Waals surface area contributed by atoms with E-state index in [4.69, 9.17) is 11.6 Å². The first-order chi connectivity index (χ1) is 13.8. The molecular weight excluding hydrogens is 384 g/mol. The van der Waals surface area contributed by atoms with E-state index in [1.165, 1.54) is 5.56 Å². The first-order valence-electron chi connectivity index (χ1n) is 10.2. The number of hydrogen-bond donors (Lipinski definition) is 1. The number of benzene rings is 2. The Morgan fingerprint density at radius 3 is 2.38 bits per heavy atom. The molecule has 0 saturated carbocycles. The molecule has 0 aliphatic heterocycles. The highest BCUT2D eigenvalue weighted by Gasteiger charge is 2.26. The molecular formula is C24H31ClN2O2. The van der Waals surface area contributed by atoms with E-state index >= 15 is 0 Å². The van der Waals surface area contributed by atoms with Crippen molar-refractivity contribution in [2.75, 3.05) is 0 Å². The number of amides is 2. The predicted molar refractivity (Wildman–Crippen MR) is 119 cm³/mol. The van der Waals surface area contributed by atoms with Gasteiger partial charge in [-0.1, -0.05) is 60.5 Å². The second-order valence-corrected chi connectivity index (χ2v) is 8.07. The normalized spacial score (nSPS) is 12.9. The average Bonchev–Trinajstić information content (AvgIpc) is 2.70. The van der Waals surface area contributed by atoms with Crippen LogP contribution in [-0.4, -0.2) is 28.8 Å². The highest BCUT2D eigenvalue weighted by molar-refractivity contribution is 6.30. The fourth-order valence-corrected chi connectivity index (χ4v) is 3.24. The highest BCUT2D eigenvalue weighted by Crippen LogP contribution is 2.16. The van der Waals surface area contributed by atoms with Gasteiger partial charge < -0.3 is 10.2 Å². The van der Waals surface area contributed by atoms with Crippen molar-refractivity contribution >= 4 is 23.4 Å². The monoisotopic (exact) mass is 414 g/mol. The van der Waals surface area contributed by atoms with E-state index in [2.05, 4.69) is 5.32 Å². The molecule has 0 unspecified atom stereocenters. The van der Waals surface area contributed by atoms with Crippen LogP contribution in [0.15, 0.2) is 48.5 Å². The largest absolute Gasteiger partial charge is 0.352 e. The van der Waals surface area contributed by atoms with Gasteiger partial charge in [-0.15, -0.1) is 0 Å². The first-order valence-corrected chi connectivity index (χ1v) is 10.6. The van der Waals surface area contributed by atoms with E-state index in [1.54, 1.807) is 17.9 Å². The third kappa shape index (κ3) is 7.21. The van der Waals surface area contributed by atoms with Gasteiger partial charge in [0.25, 0.3) is 0 Å². The maximum absolute atomic E-state index is 13.1. The first kappa shape index (κ1) is 23.0. The molecule has 2 atom stereocenters. The fraction of sp³-hybridized carbons (Fsp3) is 0.417. The van der Waals surface area contributed by atoms with Crippen molar-refractivity contribution in [1.82, 2.24) is 10.2 Å². The number of halogens is 1. The lowest BCUT2D eigenvalue weighted by Gasteiger charge is -2.30. The van der Waals surface area contributed by atoms with E-state index < -0.39 is 6.04 Å². The minimum Gasteiger partial charge on any atom is -0.352 e. The molecule has 2 amide bonds. The highest BCUT2D eigenvalue weighted by atomic mass is 35.5. The van der Waals surface area contributed by atoms with Crippen molar-refractivity contribution in [1.29, 1.82) is 0 Å². The van der Waals surface area contributed by atoms with Crippen LogP contribution >= 0.6 is 11.6 Å². The van der Waals surface area contributed by atoms with Gasteiger partial charge in [-0.05, 0) is 56.9 Å². The lowest BCUT2D eigenvalue weighted by atomic mass is 10.1. The summed E-state index contributed by atoms with van der Waals surface area (Å²) in [5.74, 6) is -0.178. The Labute approximate surface area is 179 Å². The Kier molecular flexibility index (Phi) is 8.71. The number of nitrogens with one attached hydrogen (secondary N) is 1. The Morgan fingerprint density at radius 2 is 1.76 bits per heavy atom. The van der Waals surface area contributed by atoms with Crippen LogP contribution in [0, 0.1) is 6.92 Å². The summed E-state index contributed by atoms with van der Waals surface area (Å²) in [5, 5.41) is 3.60. The molecule has 2 aromatic rings. The molecule has 0 saturated heterocycles. The smallest absolute Gasteiger partial charge is 0.242 e. The second kappa shape index (κ2) is 11.0. The van der Waals surface area contributed by atoms with Crippen LogP contribution < -0.4 is 5.32 Å². The lowest BCUT2D eigenvalue weighted by molar-refractivity contribution is -0.140. The lowest BCUT2D eigenvalue weighted by Crippen LogP contribution is -2.49. The summed E-state index contributed by atoms with van der Waals surface area (Å²) in [6.07, 6.45) is 1.84. The second-order valence-electron chi connectivity index (χ2n) is 7.63. The van der Waals surface area contributed by atoms with Crippen LogP contribution in [0.5, 0.6) is 0 Å². The molecule has 0 aliphatic carbocycles. The zero-order chi connectivity index (χ0) is 21.4. The minimum atomic E-state index is -0.562. The van der Waals surface area contributed by atoms with Crippen molar-refractivity contribution in [3.05, 3.63) is 70.2 Å². The molecule has 2 rings (SSSR count). The summed E-state index contributed by atoms with van der Waals surface area (Å²) in [6, 6.07) is 15.1. The number of hydrogen-bond acceptors (Lipinski definition) is 2. The Hall–Kier alpha value is -2.33. The van der Waals surface area contributed by atoms with E-state index in [9.17, 15) is 9.59 Å². The molecule has 0 heterocycles. The zero-order valence-electron chi connectivity index (χ0n) is 17.7. The maximum Gasteiger partial charge on any atom is 0.242 e. The van der Waals surface area contributed by atoms with Crippen molar-refractivity contribution < 1.29 is 9.59 Å². The van der Waals surface area contributed by atoms with Crippen molar-refractivity contribution in [3.8, 4) is 0 Å². The third-order valence-corrected chi connectivity index (χ3v) is 5.39. The number of nitrogens with zero attached hydrogens (tertiary/aromatic N) is 1. The van der Waals surface area contributed by atoms with Gasteiger partial charge in [0.2, 0.25) is 11.8 Å². The number of aryl methyl sites for hydroxylation is 2. The molecule has 1 N–H and O–H groups in total. The molecule has 29 heavy (non-hydrogen) atoms. The minimum absolute atomic E-state index is 0.0441. The number of carbonyl (C=O) groups excluding carboxylic acids is 2. The van der Waals surface area contributed by atoms with Gasteiger partial charge >= 0.3 is 0 Å². The number of carbonyl (C=O) groups is 2. The summed E-state index contributed by atoms with van der Waals surface area (Å²) >= 11 is 6.11. The van der Waals surface area contributed by atoms with Crippen LogP contribution in [-0.2, 0) is 22.6 Å². The van der Waals surface area contributed by atoms with Crippen LogP contribution in [0.3, 0.4) is 0 Å². The molecule has 0 fully saturated rings. The van der Waals surface area contributed by atoms with E-state index in [0.717, 1.165) is 17.5 Å². The van der Waals surface area contributed by atoms with Crippen LogP contribution in [0.2, 0.25) is 5.02 Å². The summed E-state index contributed by atoms with van der Waals surface area (Å²) in [4.78, 5) is 27.4. The van der Waals surface area contributed by atoms with Gasteiger partial charge in [0.05, 0.1) is 0 Å². The summed E-state index contributed by atoms with van der Waals surface area (Å²) in [7, 11) is 0. The molecule has 156 valence electrons. The quantitative estimate of drug-likeness (QED) is 0.633. The fourth-order valence-electron chi connectivity index (χ4n) is 3.03. The molecule has 0 aliphatic rings. The average molecular weight is 415 g/mol. The van der Waals surface area contributed by atoms with Gasteiger partial charge in [0.1, 0.15) is 6.04 Å². The maximum atomic E-state index is 13.1.